The molecule has 2 N–H and O–H groups in total. The Balaban J connectivity index is 0.684. The zero-order chi connectivity index (χ0) is 39.9. The number of amides is 3. The number of benzene rings is 4. The standard InChI is InChI=1S/C50H54N4O5/c55-38-11-13-40-35(24-38)8-12-39(33-4-2-1-3-5-33)46(40)34-6-9-37(10-7-34)53-22-16-49(17-23-53)27-32(28-49)29-52-20-18-50(19-21-52)31-59-44-26-41-36(25-42(44)50)30-54(48(41)58)43-14-15-45(56)51-47(43)57/h1-7,9-11,13,24-26,32,39,43,46,55H,8,12,14-23,27-31H2,(H,51,56,57)/t39-,43+,46+/m1/s1. The first-order valence-corrected chi connectivity index (χ1v) is 22.1. The third-order valence-corrected chi connectivity index (χ3v) is 15.7. The van der Waals surface area contributed by atoms with Gasteiger partial charge in [-0.1, -0.05) is 48.5 Å². The molecule has 0 radical (unpaired) electrons. The lowest BCUT2D eigenvalue weighted by molar-refractivity contribution is -0.136. The maximum atomic E-state index is 13.4. The van der Waals surface area contributed by atoms with Gasteiger partial charge < -0.3 is 24.5 Å². The number of imide groups is 1. The molecule has 59 heavy (non-hydrogen) atoms. The summed E-state index contributed by atoms with van der Waals surface area (Å²) in [6, 6.07) is 29.9. The molecule has 4 aromatic carbocycles. The van der Waals surface area contributed by atoms with E-state index in [-0.39, 0.29) is 35.5 Å². The third kappa shape index (κ3) is 6.42. The molecule has 0 aromatic heterocycles. The lowest BCUT2D eigenvalue weighted by atomic mass is 9.57. The first kappa shape index (κ1) is 36.9. The third-order valence-electron chi connectivity index (χ3n) is 15.7. The van der Waals surface area contributed by atoms with E-state index in [2.05, 4.69) is 81.8 Å². The molecular weight excluding hydrogens is 737 g/mol. The Kier molecular flexibility index (Phi) is 8.91. The van der Waals surface area contributed by atoms with Gasteiger partial charge in [0.2, 0.25) is 11.8 Å². The highest BCUT2D eigenvalue weighted by atomic mass is 16.5. The molecule has 0 bridgehead atoms. The van der Waals surface area contributed by atoms with Crippen molar-refractivity contribution in [3.63, 3.8) is 0 Å². The number of ether oxygens (including phenoxy) is 1. The summed E-state index contributed by atoms with van der Waals surface area (Å²) in [4.78, 5) is 44.6. The van der Waals surface area contributed by atoms with Crippen LogP contribution in [0.1, 0.15) is 113 Å². The first-order valence-electron chi connectivity index (χ1n) is 22.1. The quantitative estimate of drug-likeness (QED) is 0.196. The summed E-state index contributed by atoms with van der Waals surface area (Å²) in [6.45, 7) is 6.63. The van der Waals surface area contributed by atoms with Crippen molar-refractivity contribution in [1.29, 1.82) is 0 Å². The molecule has 304 valence electrons. The Labute approximate surface area is 346 Å². The molecule has 1 saturated carbocycles. The average Bonchev–Trinajstić information content (AvgIpc) is 3.75. The van der Waals surface area contributed by atoms with E-state index in [4.69, 9.17) is 4.74 Å². The number of fused-ring (bicyclic) bond motifs is 4. The van der Waals surface area contributed by atoms with Crippen LogP contribution >= 0.6 is 0 Å². The van der Waals surface area contributed by atoms with E-state index in [0.29, 0.717) is 42.2 Å². The molecule has 7 aliphatic rings. The van der Waals surface area contributed by atoms with Crippen LogP contribution in [0, 0.1) is 11.3 Å². The summed E-state index contributed by atoms with van der Waals surface area (Å²) in [5.74, 6) is 1.86. The molecule has 3 amide bonds. The Hall–Kier alpha value is -5.15. The summed E-state index contributed by atoms with van der Waals surface area (Å²) in [5.41, 5.74) is 10.0. The Morgan fingerprint density at radius 2 is 1.56 bits per heavy atom. The van der Waals surface area contributed by atoms with Crippen molar-refractivity contribution in [2.45, 2.75) is 94.0 Å². The van der Waals surface area contributed by atoms with E-state index < -0.39 is 6.04 Å². The largest absolute Gasteiger partial charge is 0.508 e. The number of hydrogen-bond donors (Lipinski definition) is 2. The van der Waals surface area contributed by atoms with E-state index in [0.717, 1.165) is 69.1 Å². The molecule has 4 fully saturated rings. The predicted octanol–water partition coefficient (Wildman–Crippen LogP) is 7.44. The number of piperidine rings is 3. The normalized spacial score (nSPS) is 26.0. The number of anilines is 1. The zero-order valence-corrected chi connectivity index (χ0v) is 33.8. The van der Waals surface area contributed by atoms with E-state index in [9.17, 15) is 19.5 Å². The summed E-state index contributed by atoms with van der Waals surface area (Å²) >= 11 is 0. The number of nitrogens with one attached hydrogen (secondary N) is 1. The van der Waals surface area contributed by atoms with Crippen molar-refractivity contribution in [3.05, 3.63) is 124 Å². The van der Waals surface area contributed by atoms with Crippen LogP contribution < -0.4 is 15.0 Å². The van der Waals surface area contributed by atoms with Crippen LogP contribution in [0.5, 0.6) is 11.5 Å². The topological polar surface area (TPSA) is 102 Å². The first-order chi connectivity index (χ1) is 28.7. The molecule has 5 heterocycles. The van der Waals surface area contributed by atoms with E-state index >= 15 is 0 Å². The van der Waals surface area contributed by atoms with E-state index in [1.807, 2.05) is 18.2 Å². The van der Waals surface area contributed by atoms with Crippen molar-refractivity contribution in [2.75, 3.05) is 44.2 Å². The SMILES string of the molecule is O=C1CC[C@H](N2Cc3cc4c(cc3C2=O)OCC42CCN(CC3CC4(CCN(c5ccc([C@@H]6c7ccc(O)cc7CC[C@@H]6c6ccccc6)cc5)CC4)C3)CC2)C(=O)N1. The predicted molar refractivity (Wildman–Crippen MR) is 226 cm³/mol. The van der Waals surface area contributed by atoms with Crippen molar-refractivity contribution in [2.24, 2.45) is 11.3 Å². The number of phenols is 1. The molecule has 9 nitrogen and oxygen atoms in total. The second kappa shape index (κ2) is 14.3. The molecular formula is C50H54N4O5. The zero-order valence-electron chi connectivity index (χ0n) is 33.8. The van der Waals surface area contributed by atoms with Crippen LogP contribution in [0.2, 0.25) is 0 Å². The van der Waals surface area contributed by atoms with Gasteiger partial charge >= 0.3 is 0 Å². The minimum Gasteiger partial charge on any atom is -0.508 e. The lowest BCUT2D eigenvalue weighted by Gasteiger charge is -2.54. The van der Waals surface area contributed by atoms with Crippen LogP contribution in [0.25, 0.3) is 0 Å². The lowest BCUT2D eigenvalue weighted by Crippen LogP contribution is -2.52. The second-order valence-electron chi connectivity index (χ2n) is 19.0. The molecule has 11 rings (SSSR count). The Morgan fingerprint density at radius 1 is 0.780 bits per heavy atom. The molecule has 2 aliphatic carbocycles. The van der Waals surface area contributed by atoms with Crippen molar-refractivity contribution in [3.8, 4) is 11.5 Å². The van der Waals surface area contributed by atoms with Gasteiger partial charge in [-0.15, -0.1) is 0 Å². The molecule has 3 saturated heterocycles. The van der Waals surface area contributed by atoms with Crippen molar-refractivity contribution >= 4 is 23.4 Å². The van der Waals surface area contributed by atoms with Gasteiger partial charge in [-0.05, 0) is 152 Å². The average molecular weight is 791 g/mol. The van der Waals surface area contributed by atoms with Gasteiger partial charge in [0, 0.05) is 60.7 Å². The minimum atomic E-state index is -0.602. The summed E-state index contributed by atoms with van der Waals surface area (Å²) < 4.78 is 6.29. The van der Waals surface area contributed by atoms with Gasteiger partial charge in [0.15, 0.2) is 0 Å². The van der Waals surface area contributed by atoms with Crippen LogP contribution in [-0.2, 0) is 28.0 Å². The fourth-order valence-corrected chi connectivity index (χ4v) is 12.5. The van der Waals surface area contributed by atoms with Gasteiger partial charge in [-0.25, -0.2) is 0 Å². The number of hydrogen-bond acceptors (Lipinski definition) is 7. The van der Waals surface area contributed by atoms with E-state index in [1.54, 1.807) is 4.90 Å². The van der Waals surface area contributed by atoms with Crippen LogP contribution in [0.15, 0.2) is 84.9 Å². The summed E-state index contributed by atoms with van der Waals surface area (Å²) in [7, 11) is 0. The Bertz CT molecular complexity index is 2300. The number of carbonyl (C=O) groups is 3. The van der Waals surface area contributed by atoms with Crippen LogP contribution in [0.4, 0.5) is 5.69 Å². The van der Waals surface area contributed by atoms with Crippen LogP contribution in [-0.4, -0.2) is 78.0 Å². The number of phenolic OH excluding ortho intramolecular Hbond substituents is 1. The van der Waals surface area contributed by atoms with Gasteiger partial charge in [0.25, 0.3) is 5.91 Å². The molecule has 9 heteroatoms. The number of carbonyl (C=O) groups excluding carboxylic acids is 3. The second-order valence-corrected chi connectivity index (χ2v) is 19.0. The smallest absolute Gasteiger partial charge is 0.255 e. The summed E-state index contributed by atoms with van der Waals surface area (Å²) in [6.07, 6.45) is 10.0. The molecule has 4 aromatic rings. The number of aromatic hydroxyl groups is 1. The highest BCUT2D eigenvalue weighted by Crippen LogP contribution is 2.54. The van der Waals surface area contributed by atoms with Crippen LogP contribution in [0.3, 0.4) is 0 Å². The van der Waals surface area contributed by atoms with E-state index in [1.165, 1.54) is 65.7 Å². The molecule has 3 atom stereocenters. The Morgan fingerprint density at radius 3 is 2.32 bits per heavy atom. The summed E-state index contributed by atoms with van der Waals surface area (Å²) in [5, 5.41) is 12.7. The number of aryl methyl sites for hydroxylation is 1. The van der Waals surface area contributed by atoms with Gasteiger partial charge in [-0.2, -0.15) is 0 Å². The van der Waals surface area contributed by atoms with Crippen molar-refractivity contribution < 1.29 is 24.2 Å². The van der Waals surface area contributed by atoms with Gasteiger partial charge in [0.1, 0.15) is 17.5 Å². The maximum Gasteiger partial charge on any atom is 0.255 e. The molecule has 2 spiro atoms. The highest BCUT2D eigenvalue weighted by molar-refractivity contribution is 6.05. The monoisotopic (exact) mass is 790 g/mol. The van der Waals surface area contributed by atoms with Gasteiger partial charge in [0.05, 0.1) is 6.61 Å². The maximum absolute atomic E-state index is 13.4. The fraction of sp³-hybridized carbons (Fsp3) is 0.460. The number of rotatable bonds is 6. The number of likely N-dealkylation sites (tertiary alicyclic amines) is 1. The highest BCUT2D eigenvalue weighted by Gasteiger charge is 2.49. The molecule has 5 aliphatic heterocycles. The number of nitrogens with zero attached hydrogens (tertiary/aromatic N) is 3. The van der Waals surface area contributed by atoms with Crippen molar-refractivity contribution in [1.82, 2.24) is 15.1 Å². The minimum absolute atomic E-state index is 0.0215. The van der Waals surface area contributed by atoms with Gasteiger partial charge in [-0.3, -0.25) is 19.7 Å². The fourth-order valence-electron chi connectivity index (χ4n) is 12.5. The molecule has 0 unspecified atom stereocenters.